The van der Waals surface area contributed by atoms with Gasteiger partial charge in [0.25, 0.3) is 0 Å². The highest BCUT2D eigenvalue weighted by atomic mass is 32.2. The van der Waals surface area contributed by atoms with Crippen LogP contribution in [0.1, 0.15) is 16.1 Å². The second-order valence-corrected chi connectivity index (χ2v) is 7.95. The first kappa shape index (κ1) is 19.3. The maximum atomic E-state index is 13.2. The molecule has 0 amide bonds. The molecule has 0 aliphatic heterocycles. The van der Waals surface area contributed by atoms with E-state index in [0.717, 1.165) is 16.6 Å². The molecule has 3 heterocycles. The molecular formula is C22H16FN5O2S. The normalized spacial score (nSPS) is 11.4. The average molecular weight is 433 g/mol. The van der Waals surface area contributed by atoms with Gasteiger partial charge in [-0.3, -0.25) is 18.6 Å². The van der Waals surface area contributed by atoms with E-state index in [0.29, 0.717) is 16.4 Å². The van der Waals surface area contributed by atoms with Crippen molar-refractivity contribution in [2.24, 2.45) is 0 Å². The number of aryl methyl sites for hydroxylation is 1. The van der Waals surface area contributed by atoms with Gasteiger partial charge < -0.3 is 4.98 Å². The molecule has 0 atom stereocenters. The van der Waals surface area contributed by atoms with E-state index in [4.69, 9.17) is 0 Å². The molecule has 0 fully saturated rings. The minimum absolute atomic E-state index is 0.0312. The predicted octanol–water partition coefficient (Wildman–Crippen LogP) is 3.78. The fraction of sp³-hybridized carbons (Fsp3) is 0.0909. The van der Waals surface area contributed by atoms with Gasteiger partial charge in [-0.15, -0.1) is 10.2 Å². The van der Waals surface area contributed by atoms with Gasteiger partial charge in [-0.2, -0.15) is 0 Å². The number of Topliss-reactive ketones (excluding diaryl/α,β-unsaturated/α-hetero) is 1. The fourth-order valence-corrected chi connectivity index (χ4v) is 4.40. The first-order chi connectivity index (χ1) is 15.0. The monoisotopic (exact) mass is 433 g/mol. The zero-order valence-corrected chi connectivity index (χ0v) is 17.2. The van der Waals surface area contributed by atoms with Gasteiger partial charge in [0.2, 0.25) is 5.65 Å². The van der Waals surface area contributed by atoms with E-state index in [-0.39, 0.29) is 28.6 Å². The van der Waals surface area contributed by atoms with Crippen LogP contribution < -0.4 is 5.56 Å². The molecule has 0 saturated carbocycles. The molecule has 0 unspecified atom stereocenters. The number of nitrogens with zero attached hydrogens (tertiary/aromatic N) is 4. The number of benzene rings is 2. The standard InChI is InChI=1S/C22H16FN5O2S/c1-13-19(16-4-2-3-5-17(16)24-13)18(29)12-31-22-26-25-20-21(30)27(10-11-28(20)22)15-8-6-14(23)7-9-15/h2-11,24H,12H2,1H3. The summed E-state index contributed by atoms with van der Waals surface area (Å²) in [5, 5.41) is 9.42. The lowest BCUT2D eigenvalue weighted by Crippen LogP contribution is -2.20. The van der Waals surface area contributed by atoms with E-state index in [1.165, 1.54) is 40.6 Å². The molecule has 0 radical (unpaired) electrons. The second kappa shape index (κ2) is 7.51. The van der Waals surface area contributed by atoms with Crippen LogP contribution in [0.5, 0.6) is 0 Å². The van der Waals surface area contributed by atoms with E-state index in [1.54, 1.807) is 16.8 Å². The molecule has 5 aromatic rings. The summed E-state index contributed by atoms with van der Waals surface area (Å²) in [6.45, 7) is 1.88. The second-order valence-electron chi connectivity index (χ2n) is 7.01. The Balaban J connectivity index is 1.43. The Kier molecular flexibility index (Phi) is 4.67. The maximum Gasteiger partial charge on any atom is 0.300 e. The van der Waals surface area contributed by atoms with E-state index < -0.39 is 0 Å². The number of carbonyl (C=O) groups excluding carboxylic acids is 1. The van der Waals surface area contributed by atoms with Crippen molar-refractivity contribution in [3.8, 4) is 5.69 Å². The first-order valence-electron chi connectivity index (χ1n) is 9.48. The zero-order chi connectivity index (χ0) is 21.5. The number of carbonyl (C=O) groups is 1. The molecule has 0 saturated heterocycles. The molecule has 3 aromatic heterocycles. The number of fused-ring (bicyclic) bond motifs is 2. The first-order valence-corrected chi connectivity index (χ1v) is 10.5. The number of ketones is 1. The molecule has 154 valence electrons. The van der Waals surface area contributed by atoms with Gasteiger partial charge in [-0.25, -0.2) is 4.39 Å². The number of halogens is 1. The van der Waals surface area contributed by atoms with Crippen LogP contribution in [0.15, 0.2) is 70.9 Å². The van der Waals surface area contributed by atoms with Crippen LogP contribution >= 0.6 is 11.8 Å². The van der Waals surface area contributed by atoms with E-state index in [1.807, 2.05) is 31.2 Å². The zero-order valence-electron chi connectivity index (χ0n) is 16.4. The Morgan fingerprint density at radius 3 is 2.68 bits per heavy atom. The summed E-state index contributed by atoms with van der Waals surface area (Å²) in [6, 6.07) is 13.3. The summed E-state index contributed by atoms with van der Waals surface area (Å²) >= 11 is 1.22. The number of nitrogens with one attached hydrogen (secondary N) is 1. The third-order valence-electron chi connectivity index (χ3n) is 5.05. The fourth-order valence-electron chi connectivity index (χ4n) is 3.61. The number of hydrogen-bond acceptors (Lipinski definition) is 5. The Morgan fingerprint density at radius 2 is 1.87 bits per heavy atom. The van der Waals surface area contributed by atoms with Crippen LogP contribution in [0.25, 0.3) is 22.2 Å². The van der Waals surface area contributed by atoms with Crippen LogP contribution in [-0.2, 0) is 0 Å². The van der Waals surface area contributed by atoms with Gasteiger partial charge in [0.1, 0.15) is 5.82 Å². The summed E-state index contributed by atoms with van der Waals surface area (Å²) in [6.07, 6.45) is 3.23. The quantitative estimate of drug-likeness (QED) is 0.337. The van der Waals surface area contributed by atoms with Crippen molar-refractivity contribution in [3.05, 3.63) is 88.4 Å². The van der Waals surface area contributed by atoms with Crippen molar-refractivity contribution in [2.45, 2.75) is 12.1 Å². The van der Waals surface area contributed by atoms with Crippen LogP contribution in [0, 0.1) is 12.7 Å². The number of H-pyrrole nitrogens is 1. The minimum Gasteiger partial charge on any atom is -0.358 e. The Morgan fingerprint density at radius 1 is 1.10 bits per heavy atom. The predicted molar refractivity (Wildman–Crippen MR) is 117 cm³/mol. The number of para-hydroxylation sites is 1. The van der Waals surface area contributed by atoms with Crippen LogP contribution in [-0.4, -0.2) is 35.7 Å². The van der Waals surface area contributed by atoms with Crippen molar-refractivity contribution in [3.63, 3.8) is 0 Å². The summed E-state index contributed by atoms with van der Waals surface area (Å²) < 4.78 is 16.1. The largest absolute Gasteiger partial charge is 0.358 e. The molecule has 0 aliphatic carbocycles. The number of rotatable bonds is 5. The third-order valence-corrected chi connectivity index (χ3v) is 5.99. The van der Waals surface area contributed by atoms with E-state index >= 15 is 0 Å². The molecular weight excluding hydrogens is 417 g/mol. The average Bonchev–Trinajstić information content (AvgIpc) is 3.33. The third kappa shape index (κ3) is 3.32. The van der Waals surface area contributed by atoms with Crippen molar-refractivity contribution >= 4 is 34.1 Å². The molecule has 0 spiro atoms. The number of thioether (sulfide) groups is 1. The van der Waals surface area contributed by atoms with Crippen molar-refractivity contribution < 1.29 is 9.18 Å². The van der Waals surface area contributed by atoms with Gasteiger partial charge in [-0.1, -0.05) is 30.0 Å². The highest BCUT2D eigenvalue weighted by Crippen LogP contribution is 2.25. The van der Waals surface area contributed by atoms with Crippen LogP contribution in [0.3, 0.4) is 0 Å². The lowest BCUT2D eigenvalue weighted by molar-refractivity contribution is 0.102. The van der Waals surface area contributed by atoms with Gasteiger partial charge >= 0.3 is 5.56 Å². The van der Waals surface area contributed by atoms with E-state index in [2.05, 4.69) is 15.2 Å². The molecule has 0 aliphatic rings. The summed E-state index contributed by atoms with van der Waals surface area (Å²) in [7, 11) is 0. The van der Waals surface area contributed by atoms with Gasteiger partial charge in [0, 0.05) is 40.2 Å². The highest BCUT2D eigenvalue weighted by Gasteiger charge is 2.18. The Labute approximate surface area is 179 Å². The molecule has 0 bridgehead atoms. The molecule has 9 heteroatoms. The van der Waals surface area contributed by atoms with Crippen molar-refractivity contribution in [2.75, 3.05) is 5.75 Å². The van der Waals surface area contributed by atoms with Crippen molar-refractivity contribution in [1.29, 1.82) is 0 Å². The topological polar surface area (TPSA) is 85.1 Å². The highest BCUT2D eigenvalue weighted by molar-refractivity contribution is 7.99. The lowest BCUT2D eigenvalue weighted by Gasteiger charge is -2.06. The number of aromatic nitrogens is 5. The molecule has 1 N–H and O–H groups in total. The SMILES string of the molecule is Cc1[nH]c2ccccc2c1C(=O)CSc1nnc2c(=O)n(-c3ccc(F)cc3)ccn12. The number of aromatic amines is 1. The summed E-state index contributed by atoms with van der Waals surface area (Å²) in [4.78, 5) is 29.0. The van der Waals surface area contributed by atoms with Gasteiger partial charge in [-0.05, 0) is 37.3 Å². The molecule has 7 nitrogen and oxygen atoms in total. The van der Waals surface area contributed by atoms with Gasteiger partial charge in [0.15, 0.2) is 10.9 Å². The van der Waals surface area contributed by atoms with Crippen molar-refractivity contribution in [1.82, 2.24) is 24.1 Å². The Hall–Kier alpha value is -3.72. The summed E-state index contributed by atoms with van der Waals surface area (Å²) in [5.74, 6) is -0.254. The van der Waals surface area contributed by atoms with Gasteiger partial charge in [0.05, 0.1) is 5.75 Å². The minimum atomic E-state index is -0.382. The summed E-state index contributed by atoms with van der Waals surface area (Å²) in [5.41, 5.74) is 2.67. The lowest BCUT2D eigenvalue weighted by atomic mass is 10.1. The Bertz CT molecular complexity index is 1500. The van der Waals surface area contributed by atoms with Crippen LogP contribution in [0.4, 0.5) is 4.39 Å². The van der Waals surface area contributed by atoms with Crippen LogP contribution in [0.2, 0.25) is 0 Å². The maximum absolute atomic E-state index is 13.2. The van der Waals surface area contributed by atoms with E-state index in [9.17, 15) is 14.0 Å². The molecule has 2 aromatic carbocycles. The number of hydrogen-bond donors (Lipinski definition) is 1. The molecule has 5 rings (SSSR count). The smallest absolute Gasteiger partial charge is 0.300 e. The molecule has 31 heavy (non-hydrogen) atoms.